The third-order valence-electron chi connectivity index (χ3n) is 3.00. The number of aryl methyl sites for hydroxylation is 2. The average molecular weight is 328 g/mol. The Kier molecular flexibility index (Phi) is 4.59. The first-order valence-corrected chi connectivity index (χ1v) is 7.79. The van der Waals surface area contributed by atoms with Crippen LogP contribution in [0.3, 0.4) is 0 Å². The normalized spacial score (nSPS) is 12.9. The summed E-state index contributed by atoms with van der Waals surface area (Å²) in [6, 6.07) is 4.63. The smallest absolute Gasteiger partial charge is 0.0739 e. The predicted octanol–water partition coefficient (Wildman–Crippen LogP) is 3.89. The van der Waals surface area contributed by atoms with Crippen molar-refractivity contribution in [1.82, 2.24) is 15.1 Å². The molecule has 2 aromatic rings. The molecular weight excluding hydrogens is 310 g/mol. The van der Waals surface area contributed by atoms with Crippen molar-refractivity contribution in [2.45, 2.75) is 39.9 Å². The van der Waals surface area contributed by atoms with E-state index in [1.54, 1.807) is 11.3 Å². The summed E-state index contributed by atoms with van der Waals surface area (Å²) in [5.41, 5.74) is 2.27. The van der Waals surface area contributed by atoms with Crippen molar-refractivity contribution < 1.29 is 0 Å². The zero-order valence-corrected chi connectivity index (χ0v) is 13.3. The van der Waals surface area contributed by atoms with Crippen molar-refractivity contribution in [3.8, 4) is 0 Å². The molecule has 2 rings (SSSR count). The van der Waals surface area contributed by atoms with Crippen LogP contribution in [0.15, 0.2) is 22.0 Å². The van der Waals surface area contributed by atoms with Crippen LogP contribution in [-0.4, -0.2) is 9.78 Å². The molecule has 0 saturated heterocycles. The lowest BCUT2D eigenvalue weighted by Crippen LogP contribution is -2.19. The van der Waals surface area contributed by atoms with Crippen LogP contribution in [0.2, 0.25) is 0 Å². The highest BCUT2D eigenvalue weighted by atomic mass is 79.9. The van der Waals surface area contributed by atoms with Crippen molar-refractivity contribution in [2.75, 3.05) is 0 Å². The molecule has 1 atom stereocenters. The maximum absolute atomic E-state index is 4.50. The van der Waals surface area contributed by atoms with Crippen LogP contribution in [0.25, 0.3) is 0 Å². The van der Waals surface area contributed by atoms with Gasteiger partial charge in [-0.1, -0.05) is 6.07 Å². The van der Waals surface area contributed by atoms with Gasteiger partial charge in [0.05, 0.1) is 15.9 Å². The Labute approximate surface area is 120 Å². The highest BCUT2D eigenvalue weighted by molar-refractivity contribution is 9.10. The molecule has 5 heteroatoms. The van der Waals surface area contributed by atoms with Gasteiger partial charge in [0.25, 0.3) is 0 Å². The molecule has 18 heavy (non-hydrogen) atoms. The van der Waals surface area contributed by atoms with Crippen molar-refractivity contribution in [2.24, 2.45) is 0 Å². The van der Waals surface area contributed by atoms with Crippen LogP contribution < -0.4 is 5.32 Å². The lowest BCUT2D eigenvalue weighted by Gasteiger charge is -2.13. The Morgan fingerprint density at radius 3 is 2.94 bits per heavy atom. The second-order valence-electron chi connectivity index (χ2n) is 4.28. The molecule has 0 saturated carbocycles. The van der Waals surface area contributed by atoms with Crippen LogP contribution >= 0.6 is 27.3 Å². The van der Waals surface area contributed by atoms with Gasteiger partial charge in [-0.2, -0.15) is 5.10 Å². The Morgan fingerprint density at radius 1 is 1.56 bits per heavy atom. The van der Waals surface area contributed by atoms with E-state index in [2.05, 4.69) is 57.7 Å². The van der Waals surface area contributed by atoms with Gasteiger partial charge < -0.3 is 5.32 Å². The molecule has 0 unspecified atom stereocenters. The fourth-order valence-electron chi connectivity index (χ4n) is 1.93. The molecule has 0 aliphatic heterocycles. The lowest BCUT2D eigenvalue weighted by atomic mass is 10.2. The molecule has 0 aliphatic carbocycles. The average Bonchev–Trinajstić information content (AvgIpc) is 2.97. The number of thiophene rings is 1. The summed E-state index contributed by atoms with van der Waals surface area (Å²) in [6.45, 7) is 8.07. The molecule has 2 heterocycles. The summed E-state index contributed by atoms with van der Waals surface area (Å²) in [4.78, 5) is 1.37. The Balaban J connectivity index is 2.06. The van der Waals surface area contributed by atoms with Gasteiger partial charge in [-0.25, -0.2) is 0 Å². The first-order valence-electron chi connectivity index (χ1n) is 6.12. The molecule has 0 aromatic carbocycles. The Bertz CT molecular complexity index is 505. The standard InChI is InChI=1S/C13H18BrN3S/c1-4-17-11(13(14)10(3)16-17)8-15-9(2)12-6-5-7-18-12/h5-7,9,15H,4,8H2,1-3H3/t9-/m0/s1. The molecule has 0 aliphatic rings. The zero-order chi connectivity index (χ0) is 13.1. The Hall–Kier alpha value is -0.650. The largest absolute Gasteiger partial charge is 0.304 e. The first kappa shape index (κ1) is 13.8. The second kappa shape index (κ2) is 5.99. The summed E-state index contributed by atoms with van der Waals surface area (Å²) in [5.74, 6) is 0. The first-order chi connectivity index (χ1) is 8.63. The highest BCUT2D eigenvalue weighted by Gasteiger charge is 2.13. The van der Waals surface area contributed by atoms with E-state index in [1.165, 1.54) is 10.6 Å². The zero-order valence-electron chi connectivity index (χ0n) is 10.9. The Morgan fingerprint density at radius 2 is 2.33 bits per heavy atom. The molecule has 98 valence electrons. The summed E-state index contributed by atoms with van der Waals surface area (Å²) in [5, 5.41) is 10.2. The highest BCUT2D eigenvalue weighted by Crippen LogP contribution is 2.23. The fraction of sp³-hybridized carbons (Fsp3) is 0.462. The van der Waals surface area contributed by atoms with Gasteiger partial charge in [0.15, 0.2) is 0 Å². The van der Waals surface area contributed by atoms with E-state index in [0.29, 0.717) is 6.04 Å². The summed E-state index contributed by atoms with van der Waals surface area (Å²) in [6.07, 6.45) is 0. The van der Waals surface area contributed by atoms with E-state index < -0.39 is 0 Å². The van der Waals surface area contributed by atoms with Gasteiger partial charge in [0, 0.05) is 24.0 Å². The number of aromatic nitrogens is 2. The van der Waals surface area contributed by atoms with E-state index in [1.807, 2.05) is 11.6 Å². The summed E-state index contributed by atoms with van der Waals surface area (Å²) in [7, 11) is 0. The third kappa shape index (κ3) is 2.84. The SMILES string of the molecule is CCn1nc(C)c(Br)c1CN[C@@H](C)c1cccs1. The molecule has 0 spiro atoms. The molecule has 0 fully saturated rings. The van der Waals surface area contributed by atoms with E-state index >= 15 is 0 Å². The number of halogens is 1. The van der Waals surface area contributed by atoms with Crippen LogP contribution in [0.5, 0.6) is 0 Å². The quantitative estimate of drug-likeness (QED) is 0.902. The second-order valence-corrected chi connectivity index (χ2v) is 6.05. The number of hydrogen-bond acceptors (Lipinski definition) is 3. The minimum atomic E-state index is 0.373. The monoisotopic (exact) mass is 327 g/mol. The molecule has 1 N–H and O–H groups in total. The van der Waals surface area contributed by atoms with Crippen molar-refractivity contribution in [3.05, 3.63) is 38.3 Å². The molecule has 2 aromatic heterocycles. The number of nitrogens with one attached hydrogen (secondary N) is 1. The van der Waals surface area contributed by atoms with Crippen molar-refractivity contribution in [1.29, 1.82) is 0 Å². The van der Waals surface area contributed by atoms with Gasteiger partial charge in [-0.3, -0.25) is 4.68 Å². The molecule has 0 radical (unpaired) electrons. The summed E-state index contributed by atoms with van der Waals surface area (Å²) < 4.78 is 3.17. The van der Waals surface area contributed by atoms with Crippen LogP contribution in [0.1, 0.15) is 36.2 Å². The van der Waals surface area contributed by atoms with Crippen molar-refractivity contribution >= 4 is 27.3 Å². The van der Waals surface area contributed by atoms with Gasteiger partial charge in [0.2, 0.25) is 0 Å². The number of hydrogen-bond donors (Lipinski definition) is 1. The van der Waals surface area contributed by atoms with Crippen molar-refractivity contribution in [3.63, 3.8) is 0 Å². The predicted molar refractivity (Wildman–Crippen MR) is 79.9 cm³/mol. The van der Waals surface area contributed by atoms with Gasteiger partial charge in [-0.15, -0.1) is 11.3 Å². The molecule has 3 nitrogen and oxygen atoms in total. The molecule has 0 bridgehead atoms. The summed E-state index contributed by atoms with van der Waals surface area (Å²) >= 11 is 5.41. The number of rotatable bonds is 5. The maximum Gasteiger partial charge on any atom is 0.0739 e. The van der Waals surface area contributed by atoms with Crippen LogP contribution in [-0.2, 0) is 13.1 Å². The fourth-order valence-corrected chi connectivity index (χ4v) is 3.11. The van der Waals surface area contributed by atoms with Gasteiger partial charge in [-0.05, 0) is 48.1 Å². The minimum Gasteiger partial charge on any atom is -0.304 e. The van der Waals surface area contributed by atoms with Crippen LogP contribution in [0.4, 0.5) is 0 Å². The maximum atomic E-state index is 4.50. The lowest BCUT2D eigenvalue weighted by molar-refractivity contribution is 0.534. The van der Waals surface area contributed by atoms with Gasteiger partial charge in [0.1, 0.15) is 0 Å². The molecule has 0 amide bonds. The van der Waals surface area contributed by atoms with E-state index in [0.717, 1.165) is 23.3 Å². The topological polar surface area (TPSA) is 29.9 Å². The van der Waals surface area contributed by atoms with Crippen LogP contribution in [0, 0.1) is 6.92 Å². The number of nitrogens with zero attached hydrogens (tertiary/aromatic N) is 2. The van der Waals surface area contributed by atoms with E-state index in [9.17, 15) is 0 Å². The van der Waals surface area contributed by atoms with E-state index in [-0.39, 0.29) is 0 Å². The molecular formula is C13H18BrN3S. The third-order valence-corrected chi connectivity index (χ3v) is 5.09. The minimum absolute atomic E-state index is 0.373. The van der Waals surface area contributed by atoms with E-state index in [4.69, 9.17) is 0 Å². The van der Waals surface area contributed by atoms with Gasteiger partial charge >= 0.3 is 0 Å².